The zero-order chi connectivity index (χ0) is 14.1. The number of nitrogen functional groups attached to an aromatic ring is 1. The molecule has 106 valence electrons. The number of carbonyl (C=O) groups excluding carboxylic acids is 1. The van der Waals surface area contributed by atoms with Crippen molar-refractivity contribution >= 4 is 17.3 Å². The lowest BCUT2D eigenvalue weighted by atomic mass is 10.2. The summed E-state index contributed by atoms with van der Waals surface area (Å²) < 4.78 is 10.4. The summed E-state index contributed by atoms with van der Waals surface area (Å²) in [6.07, 6.45) is 0.979. The molecule has 1 amide bonds. The van der Waals surface area contributed by atoms with E-state index in [1.807, 2.05) is 26.0 Å². The van der Waals surface area contributed by atoms with Gasteiger partial charge in [0.2, 0.25) is 5.91 Å². The van der Waals surface area contributed by atoms with Crippen molar-refractivity contribution in [3.63, 3.8) is 0 Å². The molecule has 0 heterocycles. The molecule has 0 aliphatic carbocycles. The first kappa shape index (κ1) is 15.5. The summed E-state index contributed by atoms with van der Waals surface area (Å²) >= 11 is 0. The van der Waals surface area contributed by atoms with Crippen LogP contribution < -0.4 is 11.1 Å². The fourth-order valence-electron chi connectivity index (χ4n) is 1.51. The second-order valence-electron chi connectivity index (χ2n) is 4.30. The number of ether oxygens (including phenoxy) is 2. The van der Waals surface area contributed by atoms with Crippen molar-refractivity contribution in [3.05, 3.63) is 23.8 Å². The summed E-state index contributed by atoms with van der Waals surface area (Å²) in [5, 5.41) is 2.71. The minimum atomic E-state index is -0.217. The summed E-state index contributed by atoms with van der Waals surface area (Å²) in [6, 6.07) is 5.49. The van der Waals surface area contributed by atoms with E-state index in [1.54, 1.807) is 6.07 Å². The summed E-state index contributed by atoms with van der Waals surface area (Å²) in [4.78, 5) is 11.6. The molecule has 19 heavy (non-hydrogen) atoms. The first-order valence-electron chi connectivity index (χ1n) is 6.45. The SMILES string of the molecule is CCCOCCOCC(=O)Nc1ccc(C)cc1N. The number of hydrogen-bond donors (Lipinski definition) is 2. The highest BCUT2D eigenvalue weighted by atomic mass is 16.5. The predicted octanol–water partition coefficient (Wildman–Crippen LogP) is 1.96. The van der Waals surface area contributed by atoms with Crippen molar-refractivity contribution in [2.75, 3.05) is 37.5 Å². The Morgan fingerprint density at radius 1 is 1.26 bits per heavy atom. The molecule has 1 rings (SSSR count). The van der Waals surface area contributed by atoms with Crippen LogP contribution >= 0.6 is 0 Å². The van der Waals surface area contributed by atoms with Crippen LogP contribution in [0.4, 0.5) is 11.4 Å². The Bertz CT molecular complexity index is 408. The Labute approximate surface area is 114 Å². The molecule has 5 heteroatoms. The zero-order valence-corrected chi connectivity index (χ0v) is 11.6. The van der Waals surface area contributed by atoms with Gasteiger partial charge < -0.3 is 20.5 Å². The smallest absolute Gasteiger partial charge is 0.250 e. The molecule has 5 nitrogen and oxygen atoms in total. The monoisotopic (exact) mass is 266 g/mol. The number of hydrogen-bond acceptors (Lipinski definition) is 4. The first-order valence-corrected chi connectivity index (χ1v) is 6.45. The van der Waals surface area contributed by atoms with Crippen LogP contribution in [-0.2, 0) is 14.3 Å². The number of rotatable bonds is 8. The van der Waals surface area contributed by atoms with Gasteiger partial charge in [-0.05, 0) is 31.0 Å². The van der Waals surface area contributed by atoms with Gasteiger partial charge in [-0.1, -0.05) is 13.0 Å². The maximum atomic E-state index is 11.6. The molecule has 0 aliphatic rings. The van der Waals surface area contributed by atoms with E-state index >= 15 is 0 Å². The molecule has 0 bridgehead atoms. The highest BCUT2D eigenvalue weighted by Crippen LogP contribution is 2.19. The third-order valence-corrected chi connectivity index (χ3v) is 2.43. The van der Waals surface area contributed by atoms with E-state index in [2.05, 4.69) is 5.32 Å². The van der Waals surface area contributed by atoms with Gasteiger partial charge in [0.15, 0.2) is 0 Å². The molecule has 0 fully saturated rings. The molecule has 0 saturated carbocycles. The Balaban J connectivity index is 2.23. The third kappa shape index (κ3) is 6.22. The highest BCUT2D eigenvalue weighted by Gasteiger charge is 2.05. The Morgan fingerprint density at radius 3 is 2.68 bits per heavy atom. The largest absolute Gasteiger partial charge is 0.397 e. The number of anilines is 2. The van der Waals surface area contributed by atoms with Crippen molar-refractivity contribution in [2.24, 2.45) is 0 Å². The van der Waals surface area contributed by atoms with Crippen LogP contribution in [0.1, 0.15) is 18.9 Å². The predicted molar refractivity (Wildman–Crippen MR) is 76.2 cm³/mol. The van der Waals surface area contributed by atoms with Crippen molar-refractivity contribution in [2.45, 2.75) is 20.3 Å². The van der Waals surface area contributed by atoms with Crippen molar-refractivity contribution < 1.29 is 14.3 Å². The maximum Gasteiger partial charge on any atom is 0.250 e. The molecule has 0 spiro atoms. The molecule has 0 radical (unpaired) electrons. The number of nitrogens with one attached hydrogen (secondary N) is 1. The maximum absolute atomic E-state index is 11.6. The molecular weight excluding hydrogens is 244 g/mol. The number of nitrogens with two attached hydrogens (primary N) is 1. The molecular formula is C14H22N2O3. The van der Waals surface area contributed by atoms with Crippen molar-refractivity contribution in [3.8, 4) is 0 Å². The van der Waals surface area contributed by atoms with E-state index in [1.165, 1.54) is 0 Å². The normalized spacial score (nSPS) is 10.4. The summed E-state index contributed by atoms with van der Waals surface area (Å²) in [5.41, 5.74) is 8.03. The van der Waals surface area contributed by atoms with Crippen LogP contribution in [0.15, 0.2) is 18.2 Å². The van der Waals surface area contributed by atoms with Gasteiger partial charge in [-0.15, -0.1) is 0 Å². The first-order chi connectivity index (χ1) is 9.13. The average molecular weight is 266 g/mol. The van der Waals surface area contributed by atoms with E-state index in [0.717, 1.165) is 18.6 Å². The number of benzene rings is 1. The van der Waals surface area contributed by atoms with Crippen LogP contribution in [0.25, 0.3) is 0 Å². The molecule has 3 N–H and O–H groups in total. The lowest BCUT2D eigenvalue weighted by Crippen LogP contribution is -2.20. The topological polar surface area (TPSA) is 73.6 Å². The zero-order valence-electron chi connectivity index (χ0n) is 11.6. The second kappa shape index (κ2) is 8.50. The fourth-order valence-corrected chi connectivity index (χ4v) is 1.51. The second-order valence-corrected chi connectivity index (χ2v) is 4.30. The van der Waals surface area contributed by atoms with Crippen LogP contribution in [0.5, 0.6) is 0 Å². The van der Waals surface area contributed by atoms with E-state index in [-0.39, 0.29) is 12.5 Å². The summed E-state index contributed by atoms with van der Waals surface area (Å²) in [6.45, 7) is 5.63. The fraction of sp³-hybridized carbons (Fsp3) is 0.500. The highest BCUT2D eigenvalue weighted by molar-refractivity contribution is 5.94. The Morgan fingerprint density at radius 2 is 2.00 bits per heavy atom. The standard InChI is InChI=1S/C14H22N2O3/c1-3-6-18-7-8-19-10-14(17)16-13-5-4-11(2)9-12(13)15/h4-5,9H,3,6-8,10,15H2,1-2H3,(H,16,17). The molecule has 1 aromatic carbocycles. The molecule has 0 aromatic heterocycles. The van der Waals surface area contributed by atoms with Gasteiger partial charge in [0.05, 0.1) is 24.6 Å². The molecule has 0 unspecified atom stereocenters. The number of carbonyl (C=O) groups is 1. The van der Waals surface area contributed by atoms with E-state index < -0.39 is 0 Å². The van der Waals surface area contributed by atoms with Crippen molar-refractivity contribution in [1.82, 2.24) is 0 Å². The van der Waals surface area contributed by atoms with Gasteiger partial charge >= 0.3 is 0 Å². The quantitative estimate of drug-likeness (QED) is 0.557. The summed E-state index contributed by atoms with van der Waals surface area (Å²) in [5.74, 6) is -0.217. The van der Waals surface area contributed by atoms with Gasteiger partial charge in [0, 0.05) is 6.61 Å². The van der Waals surface area contributed by atoms with Crippen LogP contribution in [0, 0.1) is 6.92 Å². The lowest BCUT2D eigenvalue weighted by molar-refractivity contribution is -0.121. The molecule has 0 atom stereocenters. The Hall–Kier alpha value is -1.59. The number of amides is 1. The average Bonchev–Trinajstić information content (AvgIpc) is 2.37. The van der Waals surface area contributed by atoms with Gasteiger partial charge in [-0.3, -0.25) is 4.79 Å². The van der Waals surface area contributed by atoms with Crippen LogP contribution in [0.2, 0.25) is 0 Å². The molecule has 0 saturated heterocycles. The molecule has 0 aliphatic heterocycles. The summed E-state index contributed by atoms with van der Waals surface area (Å²) in [7, 11) is 0. The van der Waals surface area contributed by atoms with Gasteiger partial charge in [-0.25, -0.2) is 0 Å². The van der Waals surface area contributed by atoms with Gasteiger partial charge in [0.25, 0.3) is 0 Å². The van der Waals surface area contributed by atoms with Gasteiger partial charge in [-0.2, -0.15) is 0 Å². The van der Waals surface area contributed by atoms with Crippen LogP contribution in [-0.4, -0.2) is 32.3 Å². The number of aryl methyl sites for hydroxylation is 1. The van der Waals surface area contributed by atoms with E-state index in [9.17, 15) is 4.79 Å². The van der Waals surface area contributed by atoms with Crippen molar-refractivity contribution in [1.29, 1.82) is 0 Å². The third-order valence-electron chi connectivity index (χ3n) is 2.43. The lowest BCUT2D eigenvalue weighted by Gasteiger charge is -2.09. The minimum absolute atomic E-state index is 0.00278. The molecule has 1 aromatic rings. The van der Waals surface area contributed by atoms with E-state index in [0.29, 0.717) is 24.6 Å². The Kier molecular flexibility index (Phi) is 6.92. The minimum Gasteiger partial charge on any atom is -0.397 e. The van der Waals surface area contributed by atoms with E-state index in [4.69, 9.17) is 15.2 Å². The van der Waals surface area contributed by atoms with Crippen LogP contribution in [0.3, 0.4) is 0 Å². The van der Waals surface area contributed by atoms with Gasteiger partial charge in [0.1, 0.15) is 6.61 Å².